The molecule has 3 saturated heterocycles. The number of carbonyl (C=O) groups is 1. The summed E-state index contributed by atoms with van der Waals surface area (Å²) in [5.74, 6) is 0.849. The van der Waals surface area contributed by atoms with Crippen molar-refractivity contribution in [3.8, 4) is 0 Å². The number of amides is 1. The van der Waals surface area contributed by atoms with Crippen molar-refractivity contribution < 1.29 is 17.6 Å². The third-order valence-electron chi connectivity index (χ3n) is 11.0. The predicted octanol–water partition coefficient (Wildman–Crippen LogP) is 5.89. The lowest BCUT2D eigenvalue weighted by molar-refractivity contribution is 0.0606. The number of nitrogens with two attached hydrogens (primary N) is 1. The Morgan fingerprint density at radius 1 is 0.957 bits per heavy atom. The molecule has 2 unspecified atom stereocenters. The molecule has 46 heavy (non-hydrogen) atoms. The van der Waals surface area contributed by atoms with E-state index >= 15 is 0 Å². The van der Waals surface area contributed by atoms with Gasteiger partial charge < -0.3 is 9.47 Å². The number of hydrogen-bond acceptors (Lipinski definition) is 5. The van der Waals surface area contributed by atoms with Crippen LogP contribution in [-0.4, -0.2) is 65.4 Å². The first-order valence-electron chi connectivity index (χ1n) is 16.4. The zero-order chi connectivity index (χ0) is 32.1. The van der Waals surface area contributed by atoms with E-state index in [1.807, 2.05) is 6.07 Å². The standard InChI is InChI=1S/C36H42FN5O3S/c1-25-39-32-9-5-6-10-33(32)42(25)31-22-29-13-14-30(23-31)41(29)20-17-36(28-7-3-2-4-8-28)15-18-40(19-16-36)35(43)26-11-12-27(24-37)34(21-26)46(38,44)45/h2-12,21,29-31H,13-20,22-24H2,1H3,(H2,38,44,45). The second kappa shape index (κ2) is 12.2. The van der Waals surface area contributed by atoms with E-state index in [0.29, 0.717) is 31.2 Å². The summed E-state index contributed by atoms with van der Waals surface area (Å²) in [7, 11) is -4.16. The molecule has 0 saturated carbocycles. The number of benzene rings is 3. The number of piperidine rings is 2. The topological polar surface area (TPSA) is 102 Å². The van der Waals surface area contributed by atoms with Crippen LogP contribution in [0.1, 0.15) is 78.3 Å². The van der Waals surface area contributed by atoms with Gasteiger partial charge in [-0.3, -0.25) is 9.69 Å². The highest BCUT2D eigenvalue weighted by atomic mass is 32.2. The molecule has 10 heteroatoms. The fourth-order valence-electron chi connectivity index (χ4n) is 8.65. The van der Waals surface area contributed by atoms with Crippen LogP contribution in [0.4, 0.5) is 4.39 Å². The zero-order valence-corrected chi connectivity index (χ0v) is 27.1. The van der Waals surface area contributed by atoms with Crippen LogP contribution in [0.5, 0.6) is 0 Å². The number of aryl methyl sites for hydroxylation is 1. The number of imidazole rings is 1. The number of alkyl halides is 1. The number of rotatable bonds is 8. The van der Waals surface area contributed by atoms with Gasteiger partial charge in [-0.15, -0.1) is 0 Å². The number of carbonyl (C=O) groups excluding carboxylic acids is 1. The van der Waals surface area contributed by atoms with E-state index in [-0.39, 0.29) is 27.3 Å². The number of nitrogens with zero attached hydrogens (tertiary/aromatic N) is 4. The van der Waals surface area contributed by atoms with Crippen molar-refractivity contribution in [1.82, 2.24) is 19.4 Å². The molecule has 4 aromatic rings. The largest absolute Gasteiger partial charge is 0.339 e. The van der Waals surface area contributed by atoms with Gasteiger partial charge in [-0.25, -0.2) is 22.9 Å². The molecule has 2 N–H and O–H groups in total. The lowest BCUT2D eigenvalue weighted by atomic mass is 9.70. The summed E-state index contributed by atoms with van der Waals surface area (Å²) in [6, 6.07) is 24.8. The van der Waals surface area contributed by atoms with Crippen LogP contribution in [0.25, 0.3) is 11.0 Å². The maximum absolute atomic E-state index is 13.5. The number of primary sulfonamides is 1. The molecular formula is C36H42FN5O3S. The molecule has 8 nitrogen and oxygen atoms in total. The highest BCUT2D eigenvalue weighted by Gasteiger charge is 2.44. The number of aromatic nitrogens is 2. The third-order valence-corrected chi connectivity index (χ3v) is 12.0. The van der Waals surface area contributed by atoms with Gasteiger partial charge in [0, 0.05) is 42.3 Å². The van der Waals surface area contributed by atoms with Crippen molar-refractivity contribution in [2.75, 3.05) is 19.6 Å². The maximum atomic E-state index is 13.5. The number of sulfonamides is 1. The van der Waals surface area contributed by atoms with Gasteiger partial charge in [0.05, 0.1) is 15.9 Å². The van der Waals surface area contributed by atoms with Crippen molar-refractivity contribution in [3.63, 3.8) is 0 Å². The first-order valence-corrected chi connectivity index (χ1v) is 18.0. The molecular weight excluding hydrogens is 601 g/mol. The lowest BCUT2D eigenvalue weighted by Crippen LogP contribution is -2.49. The normalized spacial score (nSPS) is 23.2. The van der Waals surface area contributed by atoms with E-state index in [0.717, 1.165) is 50.0 Å². The molecule has 2 atom stereocenters. The van der Waals surface area contributed by atoms with Crippen LogP contribution in [-0.2, 0) is 22.1 Å². The number of likely N-dealkylation sites (tertiary alicyclic amines) is 1. The molecule has 3 aliphatic heterocycles. The van der Waals surface area contributed by atoms with Crippen LogP contribution in [0.15, 0.2) is 77.7 Å². The van der Waals surface area contributed by atoms with Crippen LogP contribution >= 0.6 is 0 Å². The number of para-hydroxylation sites is 2. The second-order valence-corrected chi connectivity index (χ2v) is 15.0. The molecule has 1 aromatic heterocycles. The second-order valence-electron chi connectivity index (χ2n) is 13.5. The molecule has 3 aromatic carbocycles. The Balaban J connectivity index is 1.06. The average Bonchev–Trinajstić information content (AvgIpc) is 3.53. The van der Waals surface area contributed by atoms with Gasteiger partial charge in [0.2, 0.25) is 10.0 Å². The highest BCUT2D eigenvalue weighted by Crippen LogP contribution is 2.45. The van der Waals surface area contributed by atoms with E-state index in [2.05, 4.69) is 64.9 Å². The van der Waals surface area contributed by atoms with Gasteiger partial charge in [-0.1, -0.05) is 48.5 Å². The van der Waals surface area contributed by atoms with Crippen LogP contribution in [0.2, 0.25) is 0 Å². The van der Waals surface area contributed by atoms with Crippen molar-refractivity contribution in [3.05, 3.63) is 95.3 Å². The summed E-state index contributed by atoms with van der Waals surface area (Å²) in [6.45, 7) is 3.31. The van der Waals surface area contributed by atoms with E-state index < -0.39 is 16.7 Å². The Hall–Kier alpha value is -3.60. The fraction of sp³-hybridized carbons (Fsp3) is 0.444. The van der Waals surface area contributed by atoms with E-state index in [1.165, 1.54) is 42.1 Å². The summed E-state index contributed by atoms with van der Waals surface area (Å²) in [6.07, 6.45) is 7.40. The van der Waals surface area contributed by atoms with Crippen molar-refractivity contribution in [2.45, 2.75) is 87.0 Å². The molecule has 0 radical (unpaired) electrons. The minimum absolute atomic E-state index is 0.0349. The Morgan fingerprint density at radius 3 is 2.30 bits per heavy atom. The Bertz CT molecular complexity index is 1840. The first kappa shape index (κ1) is 31.0. The molecule has 3 fully saturated rings. The van der Waals surface area contributed by atoms with E-state index in [1.54, 1.807) is 4.90 Å². The highest BCUT2D eigenvalue weighted by molar-refractivity contribution is 7.89. The van der Waals surface area contributed by atoms with Crippen LogP contribution in [0.3, 0.4) is 0 Å². The van der Waals surface area contributed by atoms with Gasteiger partial charge in [0.25, 0.3) is 5.91 Å². The average molecular weight is 644 g/mol. The molecule has 7 rings (SSSR count). The summed E-state index contributed by atoms with van der Waals surface area (Å²) in [5.41, 5.74) is 3.75. The minimum Gasteiger partial charge on any atom is -0.339 e. The quantitative estimate of drug-likeness (QED) is 0.258. The molecule has 4 heterocycles. The zero-order valence-electron chi connectivity index (χ0n) is 26.3. The Morgan fingerprint density at radius 2 is 1.63 bits per heavy atom. The smallest absolute Gasteiger partial charge is 0.253 e. The molecule has 242 valence electrons. The summed E-state index contributed by atoms with van der Waals surface area (Å²) in [4.78, 5) is 22.6. The third kappa shape index (κ3) is 5.65. The molecule has 0 spiro atoms. The van der Waals surface area contributed by atoms with Gasteiger partial charge in [0.1, 0.15) is 12.5 Å². The predicted molar refractivity (Wildman–Crippen MR) is 177 cm³/mol. The van der Waals surface area contributed by atoms with Crippen LogP contribution < -0.4 is 5.14 Å². The minimum atomic E-state index is -4.16. The molecule has 0 aliphatic carbocycles. The van der Waals surface area contributed by atoms with Gasteiger partial charge in [-0.05, 0) is 93.7 Å². The Labute approximate surface area is 270 Å². The van der Waals surface area contributed by atoms with Gasteiger partial charge in [0.15, 0.2) is 0 Å². The summed E-state index contributed by atoms with van der Waals surface area (Å²) in [5, 5.41) is 5.33. The molecule has 1 amide bonds. The maximum Gasteiger partial charge on any atom is 0.253 e. The van der Waals surface area contributed by atoms with Crippen molar-refractivity contribution >= 4 is 27.0 Å². The van der Waals surface area contributed by atoms with Gasteiger partial charge >= 0.3 is 0 Å². The van der Waals surface area contributed by atoms with Gasteiger partial charge in [-0.2, -0.15) is 0 Å². The van der Waals surface area contributed by atoms with Crippen LogP contribution in [0, 0.1) is 6.92 Å². The SMILES string of the molecule is Cc1nc2ccccc2n1C1CC2CCC(C1)N2CCC1(c2ccccc2)CCN(C(=O)c2ccc(CF)c(S(N)(=O)=O)c2)CC1. The lowest BCUT2D eigenvalue weighted by Gasteiger charge is -2.45. The van der Waals surface area contributed by atoms with E-state index in [4.69, 9.17) is 10.1 Å². The Kier molecular flexibility index (Phi) is 8.23. The fourth-order valence-corrected chi connectivity index (χ4v) is 9.43. The molecule has 3 aliphatic rings. The van der Waals surface area contributed by atoms with E-state index in [9.17, 15) is 17.6 Å². The number of fused-ring (bicyclic) bond motifs is 3. The van der Waals surface area contributed by atoms with Crippen molar-refractivity contribution in [2.24, 2.45) is 5.14 Å². The molecule has 2 bridgehead atoms. The summed E-state index contributed by atoms with van der Waals surface area (Å²) < 4.78 is 40.1. The summed E-state index contributed by atoms with van der Waals surface area (Å²) >= 11 is 0. The first-order chi connectivity index (χ1) is 22.2. The number of halogens is 1. The monoisotopic (exact) mass is 643 g/mol. The van der Waals surface area contributed by atoms with Crippen molar-refractivity contribution in [1.29, 1.82) is 0 Å². The number of hydrogen-bond donors (Lipinski definition) is 1.